The number of ether oxygens (including phenoxy) is 2. The molecule has 2 saturated carbocycles. The molecule has 3 nitrogen and oxygen atoms in total. The molecular weight excluding hydrogens is 250 g/mol. The second-order valence-electron chi connectivity index (χ2n) is 6.85. The summed E-state index contributed by atoms with van der Waals surface area (Å²) in [4.78, 5) is 0. The predicted molar refractivity (Wildman–Crippen MR) is 83.1 cm³/mol. The third kappa shape index (κ3) is 5.71. The molecule has 0 bridgehead atoms. The molecule has 0 aromatic carbocycles. The van der Waals surface area contributed by atoms with Crippen molar-refractivity contribution in [3.05, 3.63) is 0 Å². The molecule has 2 atom stereocenters. The summed E-state index contributed by atoms with van der Waals surface area (Å²) in [5, 5.41) is 3.68. The first-order valence-corrected chi connectivity index (χ1v) is 8.69. The summed E-state index contributed by atoms with van der Waals surface area (Å²) in [6.45, 7) is 7.98. The van der Waals surface area contributed by atoms with Gasteiger partial charge in [-0.25, -0.2) is 0 Å². The van der Waals surface area contributed by atoms with Gasteiger partial charge < -0.3 is 14.8 Å². The van der Waals surface area contributed by atoms with Crippen LogP contribution in [0.2, 0.25) is 0 Å². The number of unbranched alkanes of at least 4 members (excludes halogenated alkanes) is 1. The van der Waals surface area contributed by atoms with E-state index in [1.165, 1.54) is 44.9 Å². The minimum atomic E-state index is 0.0778. The van der Waals surface area contributed by atoms with E-state index in [2.05, 4.69) is 19.2 Å². The molecule has 0 heterocycles. The molecule has 1 N–H and O–H groups in total. The number of rotatable bonds is 10. The topological polar surface area (TPSA) is 30.5 Å². The molecule has 0 aromatic rings. The van der Waals surface area contributed by atoms with Crippen LogP contribution in [0.25, 0.3) is 0 Å². The summed E-state index contributed by atoms with van der Waals surface area (Å²) >= 11 is 0. The van der Waals surface area contributed by atoms with Gasteiger partial charge in [0.15, 0.2) is 0 Å². The maximum Gasteiger partial charge on any atom is 0.0810 e. The quantitative estimate of drug-likeness (QED) is 0.622. The Morgan fingerprint density at radius 2 is 2.00 bits per heavy atom. The Morgan fingerprint density at radius 1 is 1.15 bits per heavy atom. The van der Waals surface area contributed by atoms with E-state index < -0.39 is 0 Å². The van der Waals surface area contributed by atoms with Gasteiger partial charge in [-0.15, -0.1) is 0 Å². The van der Waals surface area contributed by atoms with Crippen LogP contribution in [0.1, 0.15) is 65.2 Å². The summed E-state index contributed by atoms with van der Waals surface area (Å²) in [7, 11) is 0. The van der Waals surface area contributed by atoms with Gasteiger partial charge in [0.05, 0.1) is 18.8 Å². The standard InChI is InChI=1S/C17H33NO2/c1-3-4-10-19-11-12-20-17(14-18-16-7-8-16)9-5-6-15(2)13-17/h15-16,18H,3-14H2,1-2H3. The van der Waals surface area contributed by atoms with Crippen molar-refractivity contribution in [2.45, 2.75) is 76.9 Å². The highest BCUT2D eigenvalue weighted by atomic mass is 16.5. The van der Waals surface area contributed by atoms with Gasteiger partial charge in [0.2, 0.25) is 0 Å². The number of nitrogens with one attached hydrogen (secondary N) is 1. The Morgan fingerprint density at radius 3 is 2.70 bits per heavy atom. The van der Waals surface area contributed by atoms with Crippen molar-refractivity contribution in [2.75, 3.05) is 26.4 Å². The minimum absolute atomic E-state index is 0.0778. The largest absolute Gasteiger partial charge is 0.379 e. The molecule has 2 fully saturated rings. The lowest BCUT2D eigenvalue weighted by atomic mass is 9.78. The molecule has 0 amide bonds. The van der Waals surface area contributed by atoms with Crippen LogP contribution < -0.4 is 5.32 Å². The third-order valence-electron chi connectivity index (χ3n) is 4.62. The predicted octanol–water partition coefficient (Wildman–Crippen LogP) is 3.52. The Hall–Kier alpha value is -0.120. The van der Waals surface area contributed by atoms with E-state index in [9.17, 15) is 0 Å². The van der Waals surface area contributed by atoms with Crippen LogP contribution in [0.4, 0.5) is 0 Å². The van der Waals surface area contributed by atoms with Gasteiger partial charge in [-0.05, 0) is 38.0 Å². The van der Waals surface area contributed by atoms with Crippen molar-refractivity contribution in [3.63, 3.8) is 0 Å². The summed E-state index contributed by atoms with van der Waals surface area (Å²) in [5.74, 6) is 0.797. The summed E-state index contributed by atoms with van der Waals surface area (Å²) in [6, 6.07) is 0.772. The van der Waals surface area contributed by atoms with Crippen molar-refractivity contribution in [3.8, 4) is 0 Å². The highest BCUT2D eigenvalue weighted by Crippen LogP contribution is 2.35. The van der Waals surface area contributed by atoms with E-state index in [1.54, 1.807) is 0 Å². The molecule has 2 rings (SSSR count). The lowest BCUT2D eigenvalue weighted by molar-refractivity contribution is -0.0954. The normalized spacial score (nSPS) is 30.6. The van der Waals surface area contributed by atoms with Crippen LogP contribution in [0, 0.1) is 5.92 Å². The Bertz CT molecular complexity index is 268. The minimum Gasteiger partial charge on any atom is -0.379 e. The highest BCUT2D eigenvalue weighted by Gasteiger charge is 2.37. The molecule has 20 heavy (non-hydrogen) atoms. The Balaban J connectivity index is 1.70. The fourth-order valence-electron chi connectivity index (χ4n) is 3.24. The molecule has 2 unspecified atom stereocenters. The fraction of sp³-hybridized carbons (Fsp3) is 1.00. The number of hydrogen-bond acceptors (Lipinski definition) is 3. The Labute approximate surface area is 124 Å². The average Bonchev–Trinajstić information content (AvgIpc) is 3.25. The van der Waals surface area contributed by atoms with Crippen LogP contribution >= 0.6 is 0 Å². The summed E-state index contributed by atoms with van der Waals surface area (Å²) in [5.41, 5.74) is 0.0778. The molecule has 0 radical (unpaired) electrons. The van der Waals surface area contributed by atoms with Gasteiger partial charge in [0.1, 0.15) is 0 Å². The van der Waals surface area contributed by atoms with Crippen LogP contribution in [0.3, 0.4) is 0 Å². The zero-order chi connectivity index (χ0) is 14.3. The van der Waals surface area contributed by atoms with Crippen molar-refractivity contribution >= 4 is 0 Å². The molecule has 2 aliphatic carbocycles. The highest BCUT2D eigenvalue weighted by molar-refractivity contribution is 4.92. The number of hydrogen-bond donors (Lipinski definition) is 1. The van der Waals surface area contributed by atoms with Gasteiger partial charge in [0, 0.05) is 19.2 Å². The fourth-order valence-corrected chi connectivity index (χ4v) is 3.24. The lowest BCUT2D eigenvalue weighted by Gasteiger charge is -2.40. The maximum absolute atomic E-state index is 6.31. The van der Waals surface area contributed by atoms with E-state index in [0.29, 0.717) is 0 Å². The summed E-state index contributed by atoms with van der Waals surface area (Å²) in [6.07, 6.45) is 10.2. The van der Waals surface area contributed by atoms with Crippen LogP contribution in [-0.4, -0.2) is 38.0 Å². The van der Waals surface area contributed by atoms with E-state index in [0.717, 1.165) is 44.7 Å². The van der Waals surface area contributed by atoms with E-state index >= 15 is 0 Å². The van der Waals surface area contributed by atoms with E-state index in [1.807, 2.05) is 0 Å². The first-order valence-electron chi connectivity index (χ1n) is 8.69. The van der Waals surface area contributed by atoms with Crippen LogP contribution in [-0.2, 0) is 9.47 Å². The van der Waals surface area contributed by atoms with Crippen LogP contribution in [0.5, 0.6) is 0 Å². The SMILES string of the molecule is CCCCOCCOC1(CNC2CC2)CCCC(C)C1. The molecular formula is C17H33NO2. The Kier molecular flexibility index (Phi) is 6.79. The first kappa shape index (κ1) is 16.3. The van der Waals surface area contributed by atoms with Gasteiger partial charge >= 0.3 is 0 Å². The zero-order valence-corrected chi connectivity index (χ0v) is 13.5. The van der Waals surface area contributed by atoms with Crippen LogP contribution in [0.15, 0.2) is 0 Å². The smallest absolute Gasteiger partial charge is 0.0810 e. The second kappa shape index (κ2) is 8.35. The van der Waals surface area contributed by atoms with Gasteiger partial charge in [-0.3, -0.25) is 0 Å². The van der Waals surface area contributed by atoms with Gasteiger partial charge in [-0.2, -0.15) is 0 Å². The zero-order valence-electron chi connectivity index (χ0n) is 13.5. The average molecular weight is 283 g/mol. The van der Waals surface area contributed by atoms with Crippen molar-refractivity contribution in [1.29, 1.82) is 0 Å². The van der Waals surface area contributed by atoms with Gasteiger partial charge in [0.25, 0.3) is 0 Å². The van der Waals surface area contributed by atoms with Crippen molar-refractivity contribution in [2.24, 2.45) is 5.92 Å². The van der Waals surface area contributed by atoms with E-state index in [4.69, 9.17) is 9.47 Å². The van der Waals surface area contributed by atoms with Gasteiger partial charge in [-0.1, -0.05) is 33.1 Å². The van der Waals surface area contributed by atoms with Crippen molar-refractivity contribution in [1.82, 2.24) is 5.32 Å². The molecule has 0 saturated heterocycles. The molecule has 0 aromatic heterocycles. The molecule has 3 heteroatoms. The maximum atomic E-state index is 6.31. The lowest BCUT2D eigenvalue weighted by Crippen LogP contribution is -2.47. The third-order valence-corrected chi connectivity index (χ3v) is 4.62. The van der Waals surface area contributed by atoms with E-state index in [-0.39, 0.29) is 5.60 Å². The molecule has 118 valence electrons. The molecule has 0 spiro atoms. The first-order chi connectivity index (χ1) is 9.74. The monoisotopic (exact) mass is 283 g/mol. The molecule has 2 aliphatic rings. The molecule has 0 aliphatic heterocycles. The van der Waals surface area contributed by atoms with Crippen molar-refractivity contribution < 1.29 is 9.47 Å². The second-order valence-corrected chi connectivity index (χ2v) is 6.85. The summed E-state index contributed by atoms with van der Waals surface area (Å²) < 4.78 is 11.9.